The highest BCUT2D eigenvalue weighted by molar-refractivity contribution is 5.80. The van der Waals surface area contributed by atoms with Crippen LogP contribution in [0, 0.1) is 5.82 Å². The van der Waals surface area contributed by atoms with Crippen molar-refractivity contribution in [3.8, 4) is 5.75 Å². The Hall–Kier alpha value is -1.82. The predicted octanol–water partition coefficient (Wildman–Crippen LogP) is 1.79. The average Bonchev–Trinajstić information content (AvgIpc) is 2.40. The molecule has 3 N–H and O–H groups in total. The fourth-order valence-electron chi connectivity index (χ4n) is 1.71. The standard InChI is InChI=1S/C13H20FN3O2/c1-9(6-13(15)16-18)17(2)8-10-4-5-11(19-3)7-12(10)14/h4-5,7,9,18H,6,8H2,1-3H3,(H2,15,16). The molecule has 1 aromatic carbocycles. The van der Waals surface area contributed by atoms with Crippen molar-refractivity contribution in [2.75, 3.05) is 14.2 Å². The van der Waals surface area contributed by atoms with E-state index in [2.05, 4.69) is 5.16 Å². The lowest BCUT2D eigenvalue weighted by Crippen LogP contribution is -2.33. The van der Waals surface area contributed by atoms with E-state index in [1.807, 2.05) is 18.9 Å². The summed E-state index contributed by atoms with van der Waals surface area (Å²) < 4.78 is 18.8. The lowest BCUT2D eigenvalue weighted by Gasteiger charge is -2.24. The largest absolute Gasteiger partial charge is 0.497 e. The highest BCUT2D eigenvalue weighted by Crippen LogP contribution is 2.18. The number of halogens is 1. The first-order valence-electron chi connectivity index (χ1n) is 5.97. The van der Waals surface area contributed by atoms with Gasteiger partial charge in [0.2, 0.25) is 0 Å². The van der Waals surface area contributed by atoms with E-state index in [9.17, 15) is 4.39 Å². The van der Waals surface area contributed by atoms with Crippen LogP contribution >= 0.6 is 0 Å². The Kier molecular flexibility index (Phi) is 5.57. The van der Waals surface area contributed by atoms with Gasteiger partial charge in [0.25, 0.3) is 0 Å². The summed E-state index contributed by atoms with van der Waals surface area (Å²) in [6.45, 7) is 2.37. The van der Waals surface area contributed by atoms with Crippen LogP contribution in [0.25, 0.3) is 0 Å². The molecule has 0 saturated carbocycles. The molecule has 0 amide bonds. The van der Waals surface area contributed by atoms with E-state index in [4.69, 9.17) is 15.7 Å². The van der Waals surface area contributed by atoms with Crippen LogP contribution < -0.4 is 10.5 Å². The van der Waals surface area contributed by atoms with Crippen LogP contribution in [-0.2, 0) is 6.54 Å². The second-order valence-corrected chi connectivity index (χ2v) is 4.52. The number of hydrogen-bond donors (Lipinski definition) is 2. The minimum atomic E-state index is -0.304. The van der Waals surface area contributed by atoms with Gasteiger partial charge >= 0.3 is 0 Å². The number of oxime groups is 1. The summed E-state index contributed by atoms with van der Waals surface area (Å²) in [4.78, 5) is 1.93. The molecule has 0 aliphatic heterocycles. The molecule has 19 heavy (non-hydrogen) atoms. The molecule has 6 heteroatoms. The number of ether oxygens (including phenoxy) is 1. The molecule has 0 aromatic heterocycles. The minimum absolute atomic E-state index is 0.0393. The van der Waals surface area contributed by atoms with E-state index in [0.29, 0.717) is 24.3 Å². The van der Waals surface area contributed by atoms with Crippen molar-refractivity contribution in [3.63, 3.8) is 0 Å². The Labute approximate surface area is 112 Å². The smallest absolute Gasteiger partial charge is 0.140 e. The summed E-state index contributed by atoms with van der Waals surface area (Å²) in [5.74, 6) is 0.352. The molecule has 0 aliphatic rings. The van der Waals surface area contributed by atoms with Crippen LogP contribution in [0.1, 0.15) is 18.9 Å². The van der Waals surface area contributed by atoms with Crippen molar-refractivity contribution in [1.29, 1.82) is 0 Å². The van der Waals surface area contributed by atoms with Gasteiger partial charge in [-0.25, -0.2) is 4.39 Å². The molecule has 0 saturated heterocycles. The summed E-state index contributed by atoms with van der Waals surface area (Å²) in [5, 5.41) is 11.5. The first-order chi connectivity index (χ1) is 8.97. The third-order valence-electron chi connectivity index (χ3n) is 3.07. The zero-order valence-electron chi connectivity index (χ0n) is 11.4. The molecule has 1 rings (SSSR count). The number of hydrogen-bond acceptors (Lipinski definition) is 4. The number of nitrogens with two attached hydrogens (primary N) is 1. The zero-order chi connectivity index (χ0) is 14.4. The first kappa shape index (κ1) is 15.2. The Morgan fingerprint density at radius 1 is 1.58 bits per heavy atom. The second kappa shape index (κ2) is 6.94. The lowest BCUT2D eigenvalue weighted by atomic mass is 10.1. The third-order valence-corrected chi connectivity index (χ3v) is 3.07. The highest BCUT2D eigenvalue weighted by Gasteiger charge is 2.14. The van der Waals surface area contributed by atoms with Crippen LogP contribution in [0.2, 0.25) is 0 Å². The average molecular weight is 269 g/mol. The maximum Gasteiger partial charge on any atom is 0.140 e. The third kappa shape index (κ3) is 4.40. The highest BCUT2D eigenvalue weighted by atomic mass is 19.1. The monoisotopic (exact) mass is 269 g/mol. The molecule has 106 valence electrons. The molecule has 1 aromatic rings. The summed E-state index contributed by atoms with van der Waals surface area (Å²) in [5.41, 5.74) is 6.03. The maximum atomic E-state index is 13.8. The fourth-order valence-corrected chi connectivity index (χ4v) is 1.71. The van der Waals surface area contributed by atoms with Crippen molar-refractivity contribution >= 4 is 5.84 Å². The Balaban J connectivity index is 2.68. The summed E-state index contributed by atoms with van der Waals surface area (Å²) >= 11 is 0. The van der Waals surface area contributed by atoms with Gasteiger partial charge in [-0.15, -0.1) is 0 Å². The first-order valence-corrected chi connectivity index (χ1v) is 5.97. The van der Waals surface area contributed by atoms with Gasteiger partial charge < -0.3 is 15.7 Å². The quantitative estimate of drug-likeness (QED) is 0.357. The van der Waals surface area contributed by atoms with Gasteiger partial charge in [-0.2, -0.15) is 0 Å². The topological polar surface area (TPSA) is 71.1 Å². The van der Waals surface area contributed by atoms with Crippen molar-refractivity contribution in [3.05, 3.63) is 29.6 Å². The van der Waals surface area contributed by atoms with Gasteiger partial charge in [0.1, 0.15) is 17.4 Å². The Morgan fingerprint density at radius 2 is 2.26 bits per heavy atom. The van der Waals surface area contributed by atoms with E-state index in [0.717, 1.165) is 0 Å². The molecule has 1 unspecified atom stereocenters. The zero-order valence-corrected chi connectivity index (χ0v) is 11.4. The normalized spacial score (nSPS) is 13.6. The van der Waals surface area contributed by atoms with Crippen molar-refractivity contribution in [2.24, 2.45) is 10.9 Å². The van der Waals surface area contributed by atoms with Crippen LogP contribution in [0.15, 0.2) is 23.4 Å². The summed E-state index contributed by atoms with van der Waals surface area (Å²) in [7, 11) is 3.36. The van der Waals surface area contributed by atoms with E-state index in [1.165, 1.54) is 13.2 Å². The van der Waals surface area contributed by atoms with Gasteiger partial charge in [-0.3, -0.25) is 4.90 Å². The van der Waals surface area contributed by atoms with Gasteiger partial charge in [0.15, 0.2) is 0 Å². The van der Waals surface area contributed by atoms with Gasteiger partial charge in [0, 0.05) is 30.6 Å². The van der Waals surface area contributed by atoms with Crippen LogP contribution in [0.3, 0.4) is 0 Å². The molecule has 0 aliphatic carbocycles. The van der Waals surface area contributed by atoms with Crippen molar-refractivity contribution in [1.82, 2.24) is 4.90 Å². The number of nitrogens with zero attached hydrogens (tertiary/aromatic N) is 2. The summed E-state index contributed by atoms with van der Waals surface area (Å²) in [6.07, 6.45) is 0.421. The second-order valence-electron chi connectivity index (χ2n) is 4.52. The Morgan fingerprint density at radius 3 is 2.79 bits per heavy atom. The van der Waals surface area contributed by atoms with Crippen LogP contribution in [0.4, 0.5) is 4.39 Å². The van der Waals surface area contributed by atoms with E-state index in [-0.39, 0.29) is 17.7 Å². The van der Waals surface area contributed by atoms with Gasteiger partial charge in [0.05, 0.1) is 7.11 Å². The van der Waals surface area contributed by atoms with Crippen LogP contribution in [0.5, 0.6) is 5.75 Å². The molecular formula is C13H20FN3O2. The molecular weight excluding hydrogens is 249 g/mol. The van der Waals surface area contributed by atoms with Crippen molar-refractivity contribution < 1.29 is 14.3 Å². The van der Waals surface area contributed by atoms with E-state index < -0.39 is 0 Å². The van der Waals surface area contributed by atoms with E-state index in [1.54, 1.807) is 12.1 Å². The Bertz CT molecular complexity index is 452. The molecule has 1 atom stereocenters. The number of benzene rings is 1. The molecule has 0 radical (unpaired) electrons. The molecule has 0 spiro atoms. The van der Waals surface area contributed by atoms with E-state index >= 15 is 0 Å². The molecule has 0 bridgehead atoms. The SMILES string of the molecule is COc1ccc(CN(C)C(C)C/C(N)=N/O)c(F)c1. The number of methoxy groups -OCH3 is 1. The number of amidine groups is 1. The number of rotatable bonds is 6. The molecule has 0 fully saturated rings. The summed E-state index contributed by atoms with van der Waals surface area (Å²) in [6, 6.07) is 4.82. The van der Waals surface area contributed by atoms with Crippen molar-refractivity contribution in [2.45, 2.75) is 25.9 Å². The lowest BCUT2D eigenvalue weighted by molar-refractivity contribution is 0.247. The fraction of sp³-hybridized carbons (Fsp3) is 0.462. The minimum Gasteiger partial charge on any atom is -0.497 e. The molecule has 0 heterocycles. The predicted molar refractivity (Wildman–Crippen MR) is 71.9 cm³/mol. The van der Waals surface area contributed by atoms with Gasteiger partial charge in [-0.05, 0) is 20.0 Å². The van der Waals surface area contributed by atoms with Gasteiger partial charge in [-0.1, -0.05) is 11.2 Å². The van der Waals surface area contributed by atoms with Crippen LogP contribution in [-0.4, -0.2) is 36.1 Å². The molecule has 5 nitrogen and oxygen atoms in total. The maximum absolute atomic E-state index is 13.8.